The van der Waals surface area contributed by atoms with Gasteiger partial charge in [-0.25, -0.2) is 4.98 Å². The summed E-state index contributed by atoms with van der Waals surface area (Å²) in [5.41, 5.74) is 7.10. The molecule has 1 aliphatic carbocycles. The third kappa shape index (κ3) is 1.43. The summed E-state index contributed by atoms with van der Waals surface area (Å²) in [5.74, 6) is 0.817. The highest BCUT2D eigenvalue weighted by molar-refractivity contribution is 5.27. The molecular formula is C9H13N3O. The minimum Gasteiger partial charge on any atom is -0.369 e. The number of aromatic nitrogens is 2. The predicted molar refractivity (Wildman–Crippen MR) is 50.5 cm³/mol. The second-order valence-electron chi connectivity index (χ2n) is 3.72. The van der Waals surface area contributed by atoms with E-state index in [0.29, 0.717) is 5.92 Å². The standard InChI is InChI=1S/C9H13N3O/c1-5-2-3-7-6(4-5)8(13)12-9(10)11-7/h5H,2-4H2,1H3,(H3,10,11,12,13). The minimum absolute atomic E-state index is 0.0611. The van der Waals surface area contributed by atoms with Gasteiger partial charge in [-0.05, 0) is 25.2 Å². The largest absolute Gasteiger partial charge is 0.369 e. The summed E-state index contributed by atoms with van der Waals surface area (Å²) in [4.78, 5) is 18.1. The number of anilines is 1. The van der Waals surface area contributed by atoms with E-state index in [-0.39, 0.29) is 11.5 Å². The molecule has 0 amide bonds. The Kier molecular flexibility index (Phi) is 1.83. The van der Waals surface area contributed by atoms with Crippen molar-refractivity contribution in [2.75, 3.05) is 5.73 Å². The van der Waals surface area contributed by atoms with Gasteiger partial charge >= 0.3 is 0 Å². The monoisotopic (exact) mass is 179 g/mol. The molecule has 1 aliphatic rings. The lowest BCUT2D eigenvalue weighted by Crippen LogP contribution is -2.25. The summed E-state index contributed by atoms with van der Waals surface area (Å²) in [5, 5.41) is 0. The van der Waals surface area contributed by atoms with Crippen molar-refractivity contribution in [2.24, 2.45) is 5.92 Å². The average Bonchev–Trinajstić information content (AvgIpc) is 2.06. The number of nitrogen functional groups attached to an aromatic ring is 1. The van der Waals surface area contributed by atoms with Crippen LogP contribution in [-0.4, -0.2) is 9.97 Å². The Labute approximate surface area is 76.2 Å². The molecule has 0 bridgehead atoms. The van der Waals surface area contributed by atoms with Crippen LogP contribution in [0.25, 0.3) is 0 Å². The highest BCUT2D eigenvalue weighted by Crippen LogP contribution is 2.20. The molecule has 0 fully saturated rings. The van der Waals surface area contributed by atoms with Crippen LogP contribution in [-0.2, 0) is 12.8 Å². The van der Waals surface area contributed by atoms with Gasteiger partial charge in [-0.1, -0.05) is 6.92 Å². The van der Waals surface area contributed by atoms with Gasteiger partial charge in [-0.2, -0.15) is 0 Å². The summed E-state index contributed by atoms with van der Waals surface area (Å²) in [6, 6.07) is 0. The van der Waals surface area contributed by atoms with Crippen LogP contribution in [0.15, 0.2) is 4.79 Å². The van der Waals surface area contributed by atoms with Crippen LogP contribution in [0.4, 0.5) is 5.95 Å². The Morgan fingerprint density at radius 1 is 1.62 bits per heavy atom. The molecule has 1 unspecified atom stereocenters. The molecule has 1 aromatic heterocycles. The van der Waals surface area contributed by atoms with Crippen molar-refractivity contribution >= 4 is 5.95 Å². The molecule has 4 heteroatoms. The molecule has 13 heavy (non-hydrogen) atoms. The van der Waals surface area contributed by atoms with Gasteiger partial charge in [0.05, 0.1) is 5.69 Å². The molecule has 0 aliphatic heterocycles. The molecule has 1 atom stereocenters. The molecule has 2 rings (SSSR count). The third-order valence-electron chi connectivity index (χ3n) is 2.55. The van der Waals surface area contributed by atoms with Gasteiger partial charge in [-0.3, -0.25) is 9.78 Å². The minimum atomic E-state index is -0.0611. The topological polar surface area (TPSA) is 71.8 Å². The van der Waals surface area contributed by atoms with E-state index in [2.05, 4.69) is 16.9 Å². The molecule has 1 heterocycles. The highest BCUT2D eigenvalue weighted by atomic mass is 16.1. The van der Waals surface area contributed by atoms with Crippen molar-refractivity contribution in [3.63, 3.8) is 0 Å². The predicted octanol–water partition coefficient (Wildman–Crippen LogP) is 0.477. The fourth-order valence-corrected chi connectivity index (χ4v) is 1.81. The molecule has 0 radical (unpaired) electrons. The maximum Gasteiger partial charge on any atom is 0.255 e. The number of H-pyrrole nitrogens is 1. The summed E-state index contributed by atoms with van der Waals surface area (Å²) in [6.07, 6.45) is 2.81. The summed E-state index contributed by atoms with van der Waals surface area (Å²) >= 11 is 0. The number of fused-ring (bicyclic) bond motifs is 1. The average molecular weight is 179 g/mol. The number of aryl methyl sites for hydroxylation is 1. The van der Waals surface area contributed by atoms with E-state index in [1.165, 1.54) is 0 Å². The van der Waals surface area contributed by atoms with Gasteiger partial charge in [-0.15, -0.1) is 0 Å². The van der Waals surface area contributed by atoms with Gasteiger partial charge in [0.2, 0.25) is 5.95 Å². The Morgan fingerprint density at radius 3 is 3.15 bits per heavy atom. The lowest BCUT2D eigenvalue weighted by atomic mass is 9.89. The van der Waals surface area contributed by atoms with Crippen LogP contribution in [0.1, 0.15) is 24.6 Å². The zero-order chi connectivity index (χ0) is 9.42. The van der Waals surface area contributed by atoms with E-state index in [4.69, 9.17) is 5.73 Å². The third-order valence-corrected chi connectivity index (χ3v) is 2.55. The summed E-state index contributed by atoms with van der Waals surface area (Å²) in [6.45, 7) is 2.15. The smallest absolute Gasteiger partial charge is 0.255 e. The van der Waals surface area contributed by atoms with Gasteiger partial charge in [0.15, 0.2) is 0 Å². The lowest BCUT2D eigenvalue weighted by molar-refractivity contribution is 0.490. The number of hydrogen-bond donors (Lipinski definition) is 2. The maximum absolute atomic E-state index is 11.5. The lowest BCUT2D eigenvalue weighted by Gasteiger charge is -2.19. The maximum atomic E-state index is 11.5. The van der Waals surface area contributed by atoms with Gasteiger partial charge < -0.3 is 5.73 Å². The van der Waals surface area contributed by atoms with Crippen LogP contribution in [0.2, 0.25) is 0 Å². The molecule has 0 spiro atoms. The van der Waals surface area contributed by atoms with Crippen LogP contribution >= 0.6 is 0 Å². The first kappa shape index (κ1) is 8.29. The SMILES string of the molecule is CC1CCc2nc(N)[nH]c(=O)c2C1. The molecule has 0 saturated carbocycles. The zero-order valence-corrected chi connectivity index (χ0v) is 7.63. The fourth-order valence-electron chi connectivity index (χ4n) is 1.81. The van der Waals surface area contributed by atoms with Crippen molar-refractivity contribution in [1.82, 2.24) is 9.97 Å². The van der Waals surface area contributed by atoms with Crippen molar-refractivity contribution in [3.8, 4) is 0 Å². The van der Waals surface area contributed by atoms with E-state index in [9.17, 15) is 4.79 Å². The second kappa shape index (κ2) is 2.87. The van der Waals surface area contributed by atoms with Gasteiger partial charge in [0.25, 0.3) is 5.56 Å². The van der Waals surface area contributed by atoms with E-state index >= 15 is 0 Å². The molecule has 70 valence electrons. The second-order valence-corrected chi connectivity index (χ2v) is 3.72. The van der Waals surface area contributed by atoms with E-state index in [1.54, 1.807) is 0 Å². The molecule has 3 N–H and O–H groups in total. The first-order valence-electron chi connectivity index (χ1n) is 4.54. The van der Waals surface area contributed by atoms with Crippen molar-refractivity contribution in [3.05, 3.63) is 21.6 Å². The Hall–Kier alpha value is -1.32. The molecule has 0 saturated heterocycles. The quantitative estimate of drug-likeness (QED) is 0.608. The Morgan fingerprint density at radius 2 is 2.38 bits per heavy atom. The van der Waals surface area contributed by atoms with Crippen LogP contribution in [0, 0.1) is 5.92 Å². The number of hydrogen-bond acceptors (Lipinski definition) is 3. The Balaban J connectivity index is 2.53. The number of nitrogens with two attached hydrogens (primary N) is 1. The summed E-state index contributed by atoms with van der Waals surface area (Å²) in [7, 11) is 0. The van der Waals surface area contributed by atoms with Crippen molar-refractivity contribution in [2.45, 2.75) is 26.2 Å². The number of aromatic amines is 1. The first-order valence-corrected chi connectivity index (χ1v) is 4.54. The van der Waals surface area contributed by atoms with E-state index in [0.717, 1.165) is 30.5 Å². The number of nitrogens with one attached hydrogen (secondary N) is 1. The van der Waals surface area contributed by atoms with Crippen molar-refractivity contribution in [1.29, 1.82) is 0 Å². The molecule has 0 aromatic carbocycles. The molecule has 4 nitrogen and oxygen atoms in total. The van der Waals surface area contributed by atoms with Crippen LogP contribution < -0.4 is 11.3 Å². The first-order chi connectivity index (χ1) is 6.16. The van der Waals surface area contributed by atoms with Crippen LogP contribution in [0.3, 0.4) is 0 Å². The van der Waals surface area contributed by atoms with E-state index in [1.807, 2.05) is 0 Å². The normalized spacial score (nSPS) is 21.2. The molecular weight excluding hydrogens is 166 g/mol. The Bertz CT molecular complexity index is 383. The van der Waals surface area contributed by atoms with E-state index < -0.39 is 0 Å². The van der Waals surface area contributed by atoms with Crippen LogP contribution in [0.5, 0.6) is 0 Å². The van der Waals surface area contributed by atoms with Crippen molar-refractivity contribution < 1.29 is 0 Å². The number of nitrogens with zero attached hydrogens (tertiary/aromatic N) is 1. The zero-order valence-electron chi connectivity index (χ0n) is 7.63. The molecule has 1 aromatic rings. The van der Waals surface area contributed by atoms with Gasteiger partial charge in [0, 0.05) is 5.56 Å². The number of rotatable bonds is 0. The highest BCUT2D eigenvalue weighted by Gasteiger charge is 2.19. The summed E-state index contributed by atoms with van der Waals surface area (Å²) < 4.78 is 0. The van der Waals surface area contributed by atoms with Gasteiger partial charge in [0.1, 0.15) is 0 Å². The fraction of sp³-hybridized carbons (Fsp3) is 0.556.